The van der Waals surface area contributed by atoms with Crippen LogP contribution in [-0.4, -0.2) is 46.0 Å². The summed E-state index contributed by atoms with van der Waals surface area (Å²) < 4.78 is 5.32. The van der Waals surface area contributed by atoms with Crippen molar-refractivity contribution >= 4 is 12.0 Å². The smallest absolute Gasteiger partial charge is 0.320 e. The quantitative estimate of drug-likeness (QED) is 0.838. The van der Waals surface area contributed by atoms with Crippen molar-refractivity contribution in [3.05, 3.63) is 24.2 Å². The molecular formula is C15H22N2O4. The Morgan fingerprint density at radius 1 is 1.48 bits per heavy atom. The van der Waals surface area contributed by atoms with Crippen LogP contribution >= 0.6 is 0 Å². The van der Waals surface area contributed by atoms with Crippen molar-refractivity contribution < 1.29 is 19.1 Å². The molecule has 0 spiro atoms. The molecule has 0 saturated heterocycles. The van der Waals surface area contributed by atoms with E-state index in [0.717, 1.165) is 18.6 Å². The molecule has 0 aromatic carbocycles. The summed E-state index contributed by atoms with van der Waals surface area (Å²) in [7, 11) is 0. The average Bonchev–Trinajstić information content (AvgIpc) is 3.17. The van der Waals surface area contributed by atoms with Gasteiger partial charge in [0, 0.05) is 19.1 Å². The van der Waals surface area contributed by atoms with Crippen LogP contribution in [0.4, 0.5) is 4.79 Å². The van der Waals surface area contributed by atoms with Gasteiger partial charge in [0.1, 0.15) is 5.76 Å². The molecule has 0 bridgehead atoms. The van der Waals surface area contributed by atoms with E-state index < -0.39 is 11.9 Å². The molecule has 1 aromatic heterocycles. The Morgan fingerprint density at radius 2 is 2.19 bits per heavy atom. The van der Waals surface area contributed by atoms with E-state index in [0.29, 0.717) is 13.1 Å². The zero-order valence-corrected chi connectivity index (χ0v) is 12.5. The predicted octanol–water partition coefficient (Wildman–Crippen LogP) is 2.41. The van der Waals surface area contributed by atoms with Crippen molar-refractivity contribution in [2.24, 2.45) is 5.92 Å². The molecular weight excluding hydrogens is 272 g/mol. The van der Waals surface area contributed by atoms with Crippen molar-refractivity contribution in [2.45, 2.75) is 39.3 Å². The van der Waals surface area contributed by atoms with Gasteiger partial charge in [0.05, 0.1) is 18.7 Å². The summed E-state index contributed by atoms with van der Waals surface area (Å²) in [4.78, 5) is 27.0. The van der Waals surface area contributed by atoms with Gasteiger partial charge in [-0.2, -0.15) is 0 Å². The van der Waals surface area contributed by atoms with Crippen LogP contribution in [0.5, 0.6) is 0 Å². The number of aliphatic carboxylic acids is 1. The van der Waals surface area contributed by atoms with Gasteiger partial charge in [0.15, 0.2) is 0 Å². The van der Waals surface area contributed by atoms with Gasteiger partial charge in [0.2, 0.25) is 0 Å². The van der Waals surface area contributed by atoms with Crippen LogP contribution in [0.1, 0.15) is 32.4 Å². The normalized spacial score (nSPS) is 15.5. The molecule has 0 radical (unpaired) electrons. The summed E-state index contributed by atoms with van der Waals surface area (Å²) in [6.45, 7) is 4.65. The number of furan rings is 1. The number of carbonyl (C=O) groups is 2. The van der Waals surface area contributed by atoms with Crippen LogP contribution in [0.2, 0.25) is 0 Å². The van der Waals surface area contributed by atoms with Crippen LogP contribution in [0, 0.1) is 5.92 Å². The second kappa shape index (κ2) is 6.65. The number of rotatable bonds is 7. The van der Waals surface area contributed by atoms with E-state index in [1.54, 1.807) is 29.1 Å². The monoisotopic (exact) mass is 294 g/mol. The van der Waals surface area contributed by atoms with E-state index in [-0.39, 0.29) is 18.6 Å². The number of carboxylic acids is 1. The number of hydrogen-bond acceptors (Lipinski definition) is 3. The van der Waals surface area contributed by atoms with Crippen molar-refractivity contribution in [1.29, 1.82) is 0 Å². The number of nitrogens with zero attached hydrogens (tertiary/aromatic N) is 2. The zero-order chi connectivity index (χ0) is 15.4. The maximum Gasteiger partial charge on any atom is 0.320 e. The molecule has 2 rings (SSSR count). The van der Waals surface area contributed by atoms with E-state index in [2.05, 4.69) is 0 Å². The minimum Gasteiger partial charge on any atom is -0.481 e. The maximum absolute atomic E-state index is 12.7. The Kier molecular flexibility index (Phi) is 4.88. The Bertz CT molecular complexity index is 482. The summed E-state index contributed by atoms with van der Waals surface area (Å²) in [5.41, 5.74) is 0. The average molecular weight is 294 g/mol. The van der Waals surface area contributed by atoms with E-state index in [1.165, 1.54) is 0 Å². The molecule has 1 saturated carbocycles. The lowest BCUT2D eigenvalue weighted by atomic mass is 10.2. The van der Waals surface area contributed by atoms with Crippen LogP contribution in [0.15, 0.2) is 22.8 Å². The van der Waals surface area contributed by atoms with Gasteiger partial charge in [0.25, 0.3) is 0 Å². The summed E-state index contributed by atoms with van der Waals surface area (Å²) in [6, 6.07) is 3.79. The van der Waals surface area contributed by atoms with E-state index in [9.17, 15) is 9.59 Å². The fraction of sp³-hybridized carbons (Fsp3) is 0.600. The fourth-order valence-corrected chi connectivity index (χ4v) is 2.24. The molecule has 1 aromatic rings. The van der Waals surface area contributed by atoms with E-state index >= 15 is 0 Å². The van der Waals surface area contributed by atoms with Gasteiger partial charge in [-0.25, -0.2) is 4.79 Å². The van der Waals surface area contributed by atoms with Gasteiger partial charge in [-0.3, -0.25) is 4.79 Å². The molecule has 1 fully saturated rings. The Balaban J connectivity index is 2.03. The van der Waals surface area contributed by atoms with Crippen LogP contribution in [0.25, 0.3) is 0 Å². The topological polar surface area (TPSA) is 74.0 Å². The molecule has 1 N–H and O–H groups in total. The van der Waals surface area contributed by atoms with Crippen LogP contribution < -0.4 is 0 Å². The molecule has 2 amide bonds. The van der Waals surface area contributed by atoms with Crippen LogP contribution in [-0.2, 0) is 11.3 Å². The zero-order valence-electron chi connectivity index (χ0n) is 12.5. The molecule has 6 heteroatoms. The highest BCUT2D eigenvalue weighted by Crippen LogP contribution is 2.29. The SMILES string of the molecule is CCN(CC(C)C(=O)O)C(=O)N(Cc1ccco1)C1CC1. The van der Waals surface area contributed by atoms with Gasteiger partial charge in [-0.15, -0.1) is 0 Å². The van der Waals surface area contributed by atoms with E-state index in [1.807, 2.05) is 13.0 Å². The third-order valence-corrected chi connectivity index (χ3v) is 3.71. The lowest BCUT2D eigenvalue weighted by molar-refractivity contribution is -0.141. The predicted molar refractivity (Wildman–Crippen MR) is 76.7 cm³/mol. The van der Waals surface area contributed by atoms with Crippen molar-refractivity contribution in [2.75, 3.05) is 13.1 Å². The maximum atomic E-state index is 12.7. The summed E-state index contributed by atoms with van der Waals surface area (Å²) in [5.74, 6) is -0.707. The standard InChI is InChI=1S/C15H22N2O4/c1-3-16(9-11(2)14(18)19)15(20)17(12-6-7-12)10-13-5-4-8-21-13/h4-5,8,11-12H,3,6-7,9-10H2,1-2H3,(H,18,19). The number of hydrogen-bond donors (Lipinski definition) is 1. The molecule has 116 valence electrons. The van der Waals surface area contributed by atoms with Gasteiger partial charge < -0.3 is 19.3 Å². The molecule has 1 atom stereocenters. The molecule has 1 aliphatic rings. The molecule has 1 unspecified atom stereocenters. The lowest BCUT2D eigenvalue weighted by Gasteiger charge is -2.30. The first-order valence-electron chi connectivity index (χ1n) is 7.33. The second-order valence-electron chi connectivity index (χ2n) is 5.50. The molecule has 6 nitrogen and oxygen atoms in total. The molecule has 1 aliphatic carbocycles. The van der Waals surface area contributed by atoms with Crippen molar-refractivity contribution in [3.8, 4) is 0 Å². The molecule has 1 heterocycles. The Hall–Kier alpha value is -1.98. The van der Waals surface area contributed by atoms with Crippen LogP contribution in [0.3, 0.4) is 0 Å². The lowest BCUT2D eigenvalue weighted by Crippen LogP contribution is -2.46. The number of urea groups is 1. The number of carbonyl (C=O) groups excluding carboxylic acids is 1. The minimum atomic E-state index is -0.884. The van der Waals surface area contributed by atoms with Gasteiger partial charge >= 0.3 is 12.0 Å². The summed E-state index contributed by atoms with van der Waals surface area (Å²) >= 11 is 0. The van der Waals surface area contributed by atoms with Gasteiger partial charge in [-0.05, 0) is 31.9 Å². The van der Waals surface area contributed by atoms with E-state index in [4.69, 9.17) is 9.52 Å². The highest BCUT2D eigenvalue weighted by atomic mass is 16.4. The van der Waals surface area contributed by atoms with Crippen molar-refractivity contribution in [1.82, 2.24) is 9.80 Å². The molecule has 0 aliphatic heterocycles. The Labute approximate surface area is 124 Å². The first-order chi connectivity index (χ1) is 10.0. The summed E-state index contributed by atoms with van der Waals surface area (Å²) in [6.07, 6.45) is 3.59. The largest absolute Gasteiger partial charge is 0.481 e. The highest BCUT2D eigenvalue weighted by Gasteiger charge is 2.35. The third-order valence-electron chi connectivity index (χ3n) is 3.71. The first-order valence-corrected chi connectivity index (χ1v) is 7.33. The highest BCUT2D eigenvalue weighted by molar-refractivity contribution is 5.76. The number of carboxylic acid groups (broad SMARTS) is 1. The second-order valence-corrected chi connectivity index (χ2v) is 5.50. The number of amides is 2. The fourth-order valence-electron chi connectivity index (χ4n) is 2.24. The van der Waals surface area contributed by atoms with Gasteiger partial charge in [-0.1, -0.05) is 6.92 Å². The summed E-state index contributed by atoms with van der Waals surface area (Å²) in [5, 5.41) is 9.01. The first kappa shape index (κ1) is 15.4. The van der Waals surface area contributed by atoms with Crippen molar-refractivity contribution in [3.63, 3.8) is 0 Å². The Morgan fingerprint density at radius 3 is 2.67 bits per heavy atom. The third kappa shape index (κ3) is 4.00. The minimum absolute atomic E-state index is 0.107. The molecule has 21 heavy (non-hydrogen) atoms.